The molecule has 1 N–H and O–H groups in total. The van der Waals surface area contributed by atoms with Gasteiger partial charge < -0.3 is 19.4 Å². The van der Waals surface area contributed by atoms with Crippen LogP contribution in [0.3, 0.4) is 0 Å². The SMILES string of the molecule is COC(=O)c1cc(-c2ccc(C(=O)NCc3ccc4nccn4c3)cn2)ccc1N(CC(F)F)C(C)=O. The van der Waals surface area contributed by atoms with Crippen molar-refractivity contribution in [2.45, 2.75) is 19.9 Å². The second kappa shape index (κ2) is 10.9. The van der Waals surface area contributed by atoms with Gasteiger partial charge in [0.2, 0.25) is 5.91 Å². The maximum Gasteiger partial charge on any atom is 0.340 e. The van der Waals surface area contributed by atoms with E-state index in [1.807, 2.05) is 28.9 Å². The molecule has 0 radical (unpaired) electrons. The van der Waals surface area contributed by atoms with Gasteiger partial charge in [0.25, 0.3) is 12.3 Å². The highest BCUT2D eigenvalue weighted by atomic mass is 19.3. The molecule has 2 amide bonds. The van der Waals surface area contributed by atoms with E-state index in [4.69, 9.17) is 4.74 Å². The van der Waals surface area contributed by atoms with Gasteiger partial charge in [-0.3, -0.25) is 14.6 Å². The summed E-state index contributed by atoms with van der Waals surface area (Å²) in [5.41, 5.74) is 2.89. The summed E-state index contributed by atoms with van der Waals surface area (Å²) < 4.78 is 32.7. The molecule has 3 heterocycles. The number of fused-ring (bicyclic) bond motifs is 1. The molecule has 190 valence electrons. The number of ether oxygens (including phenoxy) is 1. The van der Waals surface area contributed by atoms with Gasteiger partial charge in [0.05, 0.1) is 36.2 Å². The monoisotopic (exact) mass is 507 g/mol. The lowest BCUT2D eigenvalue weighted by molar-refractivity contribution is -0.117. The van der Waals surface area contributed by atoms with E-state index >= 15 is 0 Å². The Labute approximate surface area is 210 Å². The van der Waals surface area contributed by atoms with E-state index in [1.165, 1.54) is 18.3 Å². The average Bonchev–Trinajstić information content (AvgIpc) is 3.37. The van der Waals surface area contributed by atoms with Crippen LogP contribution >= 0.6 is 0 Å². The number of anilines is 1. The fourth-order valence-electron chi connectivity index (χ4n) is 3.79. The summed E-state index contributed by atoms with van der Waals surface area (Å²) in [6.45, 7) is 0.583. The van der Waals surface area contributed by atoms with Crippen LogP contribution in [0.2, 0.25) is 0 Å². The Morgan fingerprint density at radius 3 is 2.59 bits per heavy atom. The lowest BCUT2D eigenvalue weighted by Gasteiger charge is -2.23. The van der Waals surface area contributed by atoms with E-state index in [0.717, 1.165) is 30.1 Å². The van der Waals surface area contributed by atoms with E-state index in [0.29, 0.717) is 23.4 Å². The molecule has 37 heavy (non-hydrogen) atoms. The third kappa shape index (κ3) is 5.77. The zero-order chi connectivity index (χ0) is 26.5. The van der Waals surface area contributed by atoms with Crippen molar-refractivity contribution >= 4 is 29.1 Å². The van der Waals surface area contributed by atoms with Crippen molar-refractivity contribution in [1.82, 2.24) is 19.7 Å². The number of methoxy groups -OCH3 is 1. The van der Waals surface area contributed by atoms with Crippen molar-refractivity contribution in [3.8, 4) is 11.3 Å². The molecule has 0 bridgehead atoms. The number of carbonyl (C=O) groups excluding carboxylic acids is 3. The van der Waals surface area contributed by atoms with Gasteiger partial charge in [-0.2, -0.15) is 0 Å². The number of nitrogens with one attached hydrogen (secondary N) is 1. The molecule has 0 spiro atoms. The van der Waals surface area contributed by atoms with Crippen molar-refractivity contribution in [1.29, 1.82) is 0 Å². The molecule has 1 aromatic carbocycles. The number of pyridine rings is 2. The fourth-order valence-corrected chi connectivity index (χ4v) is 3.79. The van der Waals surface area contributed by atoms with E-state index in [-0.39, 0.29) is 17.2 Å². The van der Waals surface area contributed by atoms with Gasteiger partial charge in [0, 0.05) is 43.8 Å². The van der Waals surface area contributed by atoms with Crippen LogP contribution in [0.4, 0.5) is 14.5 Å². The molecule has 0 atom stereocenters. The minimum Gasteiger partial charge on any atom is -0.465 e. The van der Waals surface area contributed by atoms with Crippen molar-refractivity contribution in [3.05, 3.63) is 83.9 Å². The molecule has 0 saturated heterocycles. The number of hydrogen-bond acceptors (Lipinski definition) is 6. The highest BCUT2D eigenvalue weighted by Crippen LogP contribution is 2.28. The zero-order valence-corrected chi connectivity index (χ0v) is 20.0. The first-order chi connectivity index (χ1) is 17.8. The van der Waals surface area contributed by atoms with E-state index in [9.17, 15) is 23.2 Å². The highest BCUT2D eigenvalue weighted by molar-refractivity contribution is 6.03. The van der Waals surface area contributed by atoms with Gasteiger partial charge >= 0.3 is 5.97 Å². The number of nitrogens with zero attached hydrogens (tertiary/aromatic N) is 4. The predicted octanol–water partition coefficient (Wildman–Crippen LogP) is 3.73. The van der Waals surface area contributed by atoms with E-state index in [2.05, 4.69) is 15.3 Å². The summed E-state index contributed by atoms with van der Waals surface area (Å²) in [6, 6.07) is 11.3. The minimum atomic E-state index is -2.79. The molecule has 9 nitrogen and oxygen atoms in total. The van der Waals surface area contributed by atoms with Crippen molar-refractivity contribution in [3.63, 3.8) is 0 Å². The maximum absolute atomic E-state index is 13.0. The maximum atomic E-state index is 13.0. The Bertz CT molecular complexity index is 1450. The van der Waals surface area contributed by atoms with Crippen LogP contribution < -0.4 is 10.2 Å². The number of rotatable bonds is 8. The lowest BCUT2D eigenvalue weighted by atomic mass is 10.0. The molecule has 4 rings (SSSR count). The smallest absolute Gasteiger partial charge is 0.340 e. The Balaban J connectivity index is 1.52. The average molecular weight is 507 g/mol. The molecular weight excluding hydrogens is 484 g/mol. The molecule has 11 heteroatoms. The van der Waals surface area contributed by atoms with Gasteiger partial charge in [0.1, 0.15) is 5.65 Å². The molecule has 0 aliphatic carbocycles. The second-order valence-corrected chi connectivity index (χ2v) is 8.09. The summed E-state index contributed by atoms with van der Waals surface area (Å²) in [4.78, 5) is 46.3. The van der Waals surface area contributed by atoms with Crippen molar-refractivity contribution in [2.24, 2.45) is 0 Å². The van der Waals surface area contributed by atoms with Gasteiger partial charge in [-0.05, 0) is 35.9 Å². The number of imidazole rings is 1. The van der Waals surface area contributed by atoms with Crippen LogP contribution in [0, 0.1) is 0 Å². The zero-order valence-electron chi connectivity index (χ0n) is 20.0. The normalized spacial score (nSPS) is 10.9. The predicted molar refractivity (Wildman–Crippen MR) is 131 cm³/mol. The van der Waals surface area contributed by atoms with Crippen LogP contribution in [-0.4, -0.2) is 52.2 Å². The van der Waals surface area contributed by atoms with Crippen molar-refractivity contribution < 1.29 is 27.9 Å². The van der Waals surface area contributed by atoms with E-state index < -0.39 is 24.8 Å². The fraction of sp³-hybridized carbons (Fsp3) is 0.192. The minimum absolute atomic E-state index is 0.00767. The number of esters is 1. The van der Waals surface area contributed by atoms with Crippen LogP contribution in [0.25, 0.3) is 16.9 Å². The van der Waals surface area contributed by atoms with Gasteiger partial charge in [-0.15, -0.1) is 0 Å². The number of alkyl halides is 2. The Morgan fingerprint density at radius 1 is 1.11 bits per heavy atom. The third-order valence-electron chi connectivity index (χ3n) is 5.62. The Kier molecular flexibility index (Phi) is 7.52. The first-order valence-electron chi connectivity index (χ1n) is 11.2. The summed E-state index contributed by atoms with van der Waals surface area (Å²) in [7, 11) is 1.16. The van der Waals surface area contributed by atoms with Crippen LogP contribution in [0.15, 0.2) is 67.3 Å². The Hall–Kier alpha value is -4.67. The first kappa shape index (κ1) is 25.4. The largest absolute Gasteiger partial charge is 0.465 e. The summed E-state index contributed by atoms with van der Waals surface area (Å²) in [5, 5.41) is 2.84. The molecule has 0 aliphatic heterocycles. The number of hydrogen-bond donors (Lipinski definition) is 1. The number of halogens is 2. The standard InChI is InChI=1S/C26H23F2N5O4/c1-16(34)33(15-23(27)28)22-7-5-18(11-20(22)26(36)37-2)21-6-4-19(13-30-21)25(35)31-12-17-3-8-24-29-9-10-32(24)14-17/h3-11,13-14,23H,12,15H2,1-2H3,(H,31,35). The number of carbonyl (C=O) groups is 3. The second-order valence-electron chi connectivity index (χ2n) is 8.09. The first-order valence-corrected chi connectivity index (χ1v) is 11.2. The van der Waals surface area contributed by atoms with Gasteiger partial charge in [-0.25, -0.2) is 18.6 Å². The topological polar surface area (TPSA) is 106 Å². The lowest BCUT2D eigenvalue weighted by Crippen LogP contribution is -2.34. The molecule has 0 fully saturated rings. The molecule has 3 aromatic heterocycles. The Morgan fingerprint density at radius 2 is 1.92 bits per heavy atom. The van der Waals surface area contributed by atoms with Gasteiger partial charge in [-0.1, -0.05) is 12.1 Å². The summed E-state index contributed by atoms with van der Waals surface area (Å²) in [5.74, 6) is -1.75. The third-order valence-corrected chi connectivity index (χ3v) is 5.62. The van der Waals surface area contributed by atoms with Crippen molar-refractivity contribution in [2.75, 3.05) is 18.6 Å². The number of aromatic nitrogens is 3. The quantitative estimate of drug-likeness (QED) is 0.365. The molecule has 0 saturated carbocycles. The molecular formula is C26H23F2N5O4. The molecule has 0 unspecified atom stereocenters. The van der Waals surface area contributed by atoms with Crippen LogP contribution in [0.1, 0.15) is 33.2 Å². The van der Waals surface area contributed by atoms with Crippen LogP contribution in [-0.2, 0) is 16.1 Å². The van der Waals surface area contributed by atoms with Crippen LogP contribution in [0.5, 0.6) is 0 Å². The number of benzene rings is 1. The van der Waals surface area contributed by atoms with Gasteiger partial charge in [0.15, 0.2) is 0 Å². The molecule has 0 aliphatic rings. The number of amides is 2. The summed E-state index contributed by atoms with van der Waals surface area (Å²) in [6.07, 6.45) is 3.99. The summed E-state index contributed by atoms with van der Waals surface area (Å²) >= 11 is 0. The highest BCUT2D eigenvalue weighted by Gasteiger charge is 2.24. The molecule has 4 aromatic rings. The van der Waals surface area contributed by atoms with E-state index in [1.54, 1.807) is 24.4 Å².